The standard InChI is InChI=1S/C94H117F5O6/c1-13-25-31-68(19-7)62-100-89-52-42-74(57-84(89)95)37-47-79-80(48-38-75-43-53-90(85(96)58-75)101-63-69(20-8)32-26-14-2)82(50-40-77-45-55-92(87(98)60-77)103-65-71(22-10)34-28-16-4)94(105-67-73(24-12)36-30-18-6)83(51-41-78-46-56-93(88(99)61-78)104-66-72(23-11)35-29-17-5)81(79)49-39-76-44-54-91(86(97)59-76)102-64-70(21-9)33-27-15-3/h42-46,52-61,68-73H,13-36,62-67H2,1-12H3. The van der Waals surface area contributed by atoms with Crippen LogP contribution >= 0.6 is 0 Å². The van der Waals surface area contributed by atoms with E-state index in [0.717, 1.165) is 154 Å². The lowest BCUT2D eigenvalue weighted by atomic mass is 9.89. The molecule has 6 rings (SSSR count). The molecule has 6 unspecified atom stereocenters. The average molecular weight is 1440 g/mol. The van der Waals surface area contributed by atoms with Crippen LogP contribution in [0.25, 0.3) is 0 Å². The van der Waals surface area contributed by atoms with Crippen LogP contribution in [-0.4, -0.2) is 39.6 Å². The molecule has 0 N–H and O–H groups in total. The number of hydrogen-bond acceptors (Lipinski definition) is 6. The molecule has 0 amide bonds. The third-order valence-corrected chi connectivity index (χ3v) is 19.9. The van der Waals surface area contributed by atoms with E-state index in [9.17, 15) is 0 Å². The summed E-state index contributed by atoms with van der Waals surface area (Å²) in [6.07, 6.45) is 23.2. The monoisotopic (exact) mass is 1440 g/mol. The summed E-state index contributed by atoms with van der Waals surface area (Å²) in [6, 6.07) is 22.9. The normalized spacial score (nSPS) is 12.6. The van der Waals surface area contributed by atoms with Crippen molar-refractivity contribution in [3.63, 3.8) is 0 Å². The second-order valence-corrected chi connectivity index (χ2v) is 28.0. The molecule has 6 atom stereocenters. The lowest BCUT2D eigenvalue weighted by Gasteiger charge is -2.20. The Kier molecular flexibility index (Phi) is 39.0. The molecule has 6 aromatic carbocycles. The van der Waals surface area contributed by atoms with Gasteiger partial charge in [0.15, 0.2) is 63.6 Å². The van der Waals surface area contributed by atoms with Crippen molar-refractivity contribution in [3.8, 4) is 93.7 Å². The van der Waals surface area contributed by atoms with Crippen LogP contribution in [0.2, 0.25) is 0 Å². The largest absolute Gasteiger partial charge is 0.491 e. The van der Waals surface area contributed by atoms with Gasteiger partial charge in [-0.25, -0.2) is 22.0 Å². The highest BCUT2D eigenvalue weighted by Gasteiger charge is 2.25. The van der Waals surface area contributed by atoms with Gasteiger partial charge in [-0.2, -0.15) is 0 Å². The highest BCUT2D eigenvalue weighted by Crippen LogP contribution is 2.36. The quantitative estimate of drug-likeness (QED) is 0.0281. The minimum absolute atomic E-state index is 0.0407. The summed E-state index contributed by atoms with van der Waals surface area (Å²) in [6.45, 7) is 27.5. The van der Waals surface area contributed by atoms with E-state index in [1.807, 2.05) is 0 Å². The summed E-state index contributed by atoms with van der Waals surface area (Å²) in [5, 5.41) is 0. The fraction of sp³-hybridized carbons (Fsp3) is 0.511. The van der Waals surface area contributed by atoms with E-state index >= 15 is 22.0 Å². The smallest absolute Gasteiger partial charge is 0.166 e. The summed E-state index contributed by atoms with van der Waals surface area (Å²) in [5.41, 5.74) is 2.26. The van der Waals surface area contributed by atoms with Crippen molar-refractivity contribution in [2.75, 3.05) is 39.6 Å². The first-order valence-corrected chi connectivity index (χ1v) is 39.7. The molecular formula is C94H117F5O6. The highest BCUT2D eigenvalue weighted by atomic mass is 19.1. The van der Waals surface area contributed by atoms with Gasteiger partial charge in [0.05, 0.1) is 67.5 Å². The van der Waals surface area contributed by atoms with Gasteiger partial charge in [0.2, 0.25) is 0 Å². The molecule has 6 aromatic rings. The Morgan fingerprint density at radius 1 is 0.238 bits per heavy atom. The topological polar surface area (TPSA) is 55.4 Å². The molecule has 0 heterocycles. The molecule has 0 spiro atoms. The van der Waals surface area contributed by atoms with Crippen molar-refractivity contribution in [2.45, 2.75) is 237 Å². The molecule has 564 valence electrons. The number of hydrogen-bond donors (Lipinski definition) is 0. The van der Waals surface area contributed by atoms with Gasteiger partial charge >= 0.3 is 0 Å². The number of rotatable bonds is 42. The third-order valence-electron chi connectivity index (χ3n) is 19.9. The predicted molar refractivity (Wildman–Crippen MR) is 421 cm³/mol. The Morgan fingerprint density at radius 3 is 0.600 bits per heavy atom. The van der Waals surface area contributed by atoms with E-state index in [-0.39, 0.29) is 121 Å². The number of benzene rings is 6. The molecule has 0 fully saturated rings. The predicted octanol–water partition coefficient (Wildman–Crippen LogP) is 25.0. The molecule has 11 heteroatoms. The number of halogens is 5. The third kappa shape index (κ3) is 28.4. The summed E-state index contributed by atoms with van der Waals surface area (Å²) < 4.78 is 120. The Labute approximate surface area is 628 Å². The SMILES string of the molecule is CCCCC(CC)COc1ccc(C#Cc2c(C#Cc3ccc(OCC(CC)CCCC)c(F)c3)c(C#Cc3ccc(OCC(CC)CCCC)c(F)c3)c(OCC(CC)CCCC)c(C#Cc3ccc(OCC(CC)CCCC)c(F)c3)c2C#Cc2ccc(OCC(CC)CCCC)c(F)c2)cc1F. The van der Waals surface area contributed by atoms with E-state index in [1.165, 1.54) is 30.3 Å². The summed E-state index contributed by atoms with van der Waals surface area (Å²) >= 11 is 0. The zero-order valence-corrected chi connectivity index (χ0v) is 65.2. The maximum atomic E-state index is 16.5. The van der Waals surface area contributed by atoms with Gasteiger partial charge in [-0.1, -0.05) is 258 Å². The maximum absolute atomic E-state index is 16.5. The Bertz CT molecular complexity index is 3780. The second kappa shape index (κ2) is 47.9. The summed E-state index contributed by atoms with van der Waals surface area (Å²) in [4.78, 5) is 0. The Morgan fingerprint density at radius 2 is 0.419 bits per heavy atom. The van der Waals surface area contributed by atoms with Gasteiger partial charge in [0, 0.05) is 27.8 Å². The average Bonchev–Trinajstić information content (AvgIpc) is 0.761. The van der Waals surface area contributed by atoms with Crippen LogP contribution in [0.3, 0.4) is 0 Å². The molecule has 0 aromatic heterocycles. The minimum atomic E-state index is -0.612. The van der Waals surface area contributed by atoms with Gasteiger partial charge < -0.3 is 28.4 Å². The fourth-order valence-corrected chi connectivity index (χ4v) is 12.3. The number of ether oxygens (including phenoxy) is 6. The Balaban J connectivity index is 1.77. The lowest BCUT2D eigenvalue weighted by molar-refractivity contribution is 0.225. The van der Waals surface area contributed by atoms with Crippen LogP contribution in [0.1, 0.15) is 293 Å². The molecule has 0 aliphatic carbocycles. The van der Waals surface area contributed by atoms with E-state index in [1.54, 1.807) is 60.7 Å². The molecule has 105 heavy (non-hydrogen) atoms. The fourth-order valence-electron chi connectivity index (χ4n) is 12.3. The first-order valence-electron chi connectivity index (χ1n) is 39.7. The summed E-state index contributed by atoms with van der Waals surface area (Å²) in [7, 11) is 0. The van der Waals surface area contributed by atoms with Gasteiger partial charge in [-0.15, -0.1) is 0 Å². The summed E-state index contributed by atoms with van der Waals surface area (Å²) in [5.74, 6) is 31.9. The van der Waals surface area contributed by atoms with E-state index < -0.39 is 29.1 Å². The highest BCUT2D eigenvalue weighted by molar-refractivity contribution is 5.78. The Hall–Kier alpha value is -8.43. The number of unbranched alkanes of at least 4 members (excludes halogenated alkanes) is 6. The van der Waals surface area contributed by atoms with Gasteiger partial charge in [-0.3, -0.25) is 0 Å². The van der Waals surface area contributed by atoms with Crippen molar-refractivity contribution < 1.29 is 50.4 Å². The first kappa shape index (κ1) is 85.5. The lowest BCUT2D eigenvalue weighted by Crippen LogP contribution is -2.14. The maximum Gasteiger partial charge on any atom is 0.166 e. The minimum Gasteiger partial charge on any atom is -0.491 e. The molecule has 6 nitrogen and oxygen atoms in total. The molecule has 0 aliphatic rings. The van der Waals surface area contributed by atoms with E-state index in [2.05, 4.69) is 142 Å². The van der Waals surface area contributed by atoms with E-state index in [4.69, 9.17) is 28.4 Å². The molecule has 0 saturated carbocycles. The van der Waals surface area contributed by atoms with Crippen molar-refractivity contribution in [1.82, 2.24) is 0 Å². The van der Waals surface area contributed by atoms with Gasteiger partial charge in [-0.05, 0) is 165 Å². The van der Waals surface area contributed by atoms with Crippen LogP contribution in [0.5, 0.6) is 34.5 Å². The van der Waals surface area contributed by atoms with Crippen LogP contribution in [0.15, 0.2) is 91.0 Å². The van der Waals surface area contributed by atoms with Crippen LogP contribution in [0, 0.1) is 124 Å². The molecule has 0 saturated heterocycles. The molecule has 0 aliphatic heterocycles. The zero-order chi connectivity index (χ0) is 75.7. The van der Waals surface area contributed by atoms with Crippen LogP contribution in [-0.2, 0) is 0 Å². The second-order valence-electron chi connectivity index (χ2n) is 28.0. The molecule has 0 bridgehead atoms. The van der Waals surface area contributed by atoms with Crippen LogP contribution in [0.4, 0.5) is 22.0 Å². The van der Waals surface area contributed by atoms with E-state index in [0.29, 0.717) is 44.2 Å². The van der Waals surface area contributed by atoms with Gasteiger partial charge in [0.1, 0.15) is 0 Å². The van der Waals surface area contributed by atoms with Crippen molar-refractivity contribution in [1.29, 1.82) is 0 Å². The molecule has 0 radical (unpaired) electrons. The van der Waals surface area contributed by atoms with Crippen LogP contribution < -0.4 is 28.4 Å². The van der Waals surface area contributed by atoms with Crippen molar-refractivity contribution >= 4 is 0 Å². The van der Waals surface area contributed by atoms with Crippen molar-refractivity contribution in [2.24, 2.45) is 35.5 Å². The molecular weight excluding hydrogens is 1320 g/mol. The zero-order valence-electron chi connectivity index (χ0n) is 65.2. The first-order chi connectivity index (χ1) is 51.1. The van der Waals surface area contributed by atoms with Gasteiger partial charge in [0.25, 0.3) is 0 Å². The van der Waals surface area contributed by atoms with Crippen molar-refractivity contribution in [3.05, 3.63) is 176 Å².